The number of halogens is 2. The summed E-state index contributed by atoms with van der Waals surface area (Å²) in [6, 6.07) is 3.82. The first-order valence-corrected chi connectivity index (χ1v) is 6.03. The van der Waals surface area contributed by atoms with Crippen LogP contribution in [0.4, 0.5) is 4.39 Å². The zero-order valence-corrected chi connectivity index (χ0v) is 10.2. The van der Waals surface area contributed by atoms with Gasteiger partial charge in [-0.05, 0) is 29.7 Å². The summed E-state index contributed by atoms with van der Waals surface area (Å²) in [4.78, 5) is 0. The summed E-state index contributed by atoms with van der Waals surface area (Å²) in [5, 5.41) is 28.7. The molecule has 16 heavy (non-hydrogen) atoms. The van der Waals surface area contributed by atoms with E-state index in [2.05, 4.69) is 15.9 Å². The SMILES string of the molecule is OCc1cc(F)cc(C(O)C(O)CCBr)c1. The van der Waals surface area contributed by atoms with Gasteiger partial charge in [-0.2, -0.15) is 0 Å². The monoisotopic (exact) mass is 292 g/mol. The second kappa shape index (κ2) is 6.30. The summed E-state index contributed by atoms with van der Waals surface area (Å²) in [6.07, 6.45) is -1.72. The fraction of sp³-hybridized carbons (Fsp3) is 0.455. The van der Waals surface area contributed by atoms with Crippen LogP contribution < -0.4 is 0 Å². The van der Waals surface area contributed by atoms with E-state index in [9.17, 15) is 14.6 Å². The topological polar surface area (TPSA) is 60.7 Å². The van der Waals surface area contributed by atoms with Gasteiger partial charge < -0.3 is 15.3 Å². The van der Waals surface area contributed by atoms with Crippen LogP contribution in [0.3, 0.4) is 0 Å². The quantitative estimate of drug-likeness (QED) is 0.721. The van der Waals surface area contributed by atoms with Crippen molar-refractivity contribution in [3.8, 4) is 0 Å². The standard InChI is InChI=1S/C11H14BrFO3/c12-2-1-10(15)11(16)8-3-7(6-14)4-9(13)5-8/h3-5,10-11,14-16H,1-2,6H2. The molecular formula is C11H14BrFO3. The number of benzene rings is 1. The molecule has 0 aromatic heterocycles. The number of hydrogen-bond acceptors (Lipinski definition) is 3. The summed E-state index contributed by atoms with van der Waals surface area (Å²) >= 11 is 3.15. The van der Waals surface area contributed by atoms with E-state index in [0.29, 0.717) is 17.3 Å². The largest absolute Gasteiger partial charge is 0.392 e. The van der Waals surface area contributed by atoms with E-state index in [-0.39, 0.29) is 12.2 Å². The average Bonchev–Trinajstić information content (AvgIpc) is 2.27. The van der Waals surface area contributed by atoms with Crippen LogP contribution in [0.1, 0.15) is 23.7 Å². The number of aliphatic hydroxyl groups is 3. The van der Waals surface area contributed by atoms with Gasteiger partial charge in [0, 0.05) is 5.33 Å². The predicted octanol–water partition coefficient (Wildman–Crippen LogP) is 1.50. The van der Waals surface area contributed by atoms with Gasteiger partial charge in [0.25, 0.3) is 0 Å². The lowest BCUT2D eigenvalue weighted by atomic mass is 10.0. The number of alkyl halides is 1. The fourth-order valence-corrected chi connectivity index (χ4v) is 1.90. The van der Waals surface area contributed by atoms with Crippen molar-refractivity contribution in [1.29, 1.82) is 0 Å². The molecular weight excluding hydrogens is 279 g/mol. The van der Waals surface area contributed by atoms with Crippen molar-refractivity contribution < 1.29 is 19.7 Å². The minimum absolute atomic E-state index is 0.275. The summed E-state index contributed by atoms with van der Waals surface area (Å²) < 4.78 is 13.1. The van der Waals surface area contributed by atoms with Crippen molar-refractivity contribution in [3.63, 3.8) is 0 Å². The molecule has 0 spiro atoms. The van der Waals surface area contributed by atoms with Crippen molar-refractivity contribution >= 4 is 15.9 Å². The summed E-state index contributed by atoms with van der Waals surface area (Å²) in [5.74, 6) is -0.536. The van der Waals surface area contributed by atoms with Crippen molar-refractivity contribution in [2.45, 2.75) is 25.2 Å². The van der Waals surface area contributed by atoms with Gasteiger partial charge in [0.15, 0.2) is 0 Å². The Kier molecular flexibility index (Phi) is 5.34. The molecule has 0 saturated carbocycles. The van der Waals surface area contributed by atoms with Gasteiger partial charge in [-0.1, -0.05) is 22.0 Å². The summed E-state index contributed by atoms with van der Waals surface area (Å²) in [5.41, 5.74) is 0.651. The molecule has 5 heteroatoms. The minimum Gasteiger partial charge on any atom is -0.392 e. The van der Waals surface area contributed by atoms with Gasteiger partial charge in [-0.25, -0.2) is 4.39 Å². The van der Waals surface area contributed by atoms with E-state index in [4.69, 9.17) is 5.11 Å². The van der Waals surface area contributed by atoms with Crippen LogP contribution in [0.5, 0.6) is 0 Å². The van der Waals surface area contributed by atoms with Gasteiger partial charge in [-0.3, -0.25) is 0 Å². The van der Waals surface area contributed by atoms with E-state index in [0.717, 1.165) is 6.07 Å². The minimum atomic E-state index is -1.14. The molecule has 1 aromatic carbocycles. The lowest BCUT2D eigenvalue weighted by molar-refractivity contribution is 0.0171. The Morgan fingerprint density at radius 1 is 1.25 bits per heavy atom. The van der Waals surface area contributed by atoms with E-state index in [1.165, 1.54) is 12.1 Å². The van der Waals surface area contributed by atoms with Gasteiger partial charge in [-0.15, -0.1) is 0 Å². The molecule has 2 unspecified atom stereocenters. The van der Waals surface area contributed by atoms with E-state index in [1.54, 1.807) is 0 Å². The normalized spacial score (nSPS) is 14.8. The molecule has 3 N–H and O–H groups in total. The smallest absolute Gasteiger partial charge is 0.123 e. The van der Waals surface area contributed by atoms with Crippen molar-refractivity contribution in [1.82, 2.24) is 0 Å². The second-order valence-electron chi connectivity index (χ2n) is 3.54. The molecule has 1 rings (SSSR count). The Balaban J connectivity index is 2.89. The van der Waals surface area contributed by atoms with Crippen LogP contribution >= 0.6 is 15.9 Å². The Hall–Kier alpha value is -0.490. The molecule has 0 fully saturated rings. The Bertz CT molecular complexity index is 346. The predicted molar refractivity (Wildman–Crippen MR) is 61.7 cm³/mol. The van der Waals surface area contributed by atoms with Crippen molar-refractivity contribution in [3.05, 3.63) is 35.1 Å². The van der Waals surface area contributed by atoms with E-state index >= 15 is 0 Å². The molecule has 0 heterocycles. The molecule has 0 aliphatic rings. The summed E-state index contributed by atoms with van der Waals surface area (Å²) in [7, 11) is 0. The van der Waals surface area contributed by atoms with Gasteiger partial charge in [0.1, 0.15) is 11.9 Å². The van der Waals surface area contributed by atoms with Gasteiger partial charge in [0.05, 0.1) is 12.7 Å². The van der Waals surface area contributed by atoms with Crippen molar-refractivity contribution in [2.24, 2.45) is 0 Å². The lowest BCUT2D eigenvalue weighted by Gasteiger charge is -2.17. The van der Waals surface area contributed by atoms with Gasteiger partial charge >= 0.3 is 0 Å². The second-order valence-corrected chi connectivity index (χ2v) is 4.33. The van der Waals surface area contributed by atoms with Crippen LogP contribution in [0.2, 0.25) is 0 Å². The molecule has 1 aromatic rings. The molecule has 0 saturated heterocycles. The fourth-order valence-electron chi connectivity index (χ4n) is 1.43. The first-order chi connectivity index (χ1) is 7.58. The molecule has 0 radical (unpaired) electrons. The van der Waals surface area contributed by atoms with Crippen LogP contribution in [0.25, 0.3) is 0 Å². The Morgan fingerprint density at radius 2 is 1.94 bits per heavy atom. The summed E-state index contributed by atoms with van der Waals surface area (Å²) in [6.45, 7) is -0.300. The lowest BCUT2D eigenvalue weighted by Crippen LogP contribution is -2.19. The number of aliphatic hydroxyl groups excluding tert-OH is 3. The molecule has 0 aliphatic heterocycles. The zero-order valence-electron chi connectivity index (χ0n) is 8.61. The average molecular weight is 293 g/mol. The van der Waals surface area contributed by atoms with E-state index < -0.39 is 18.0 Å². The Morgan fingerprint density at radius 3 is 2.50 bits per heavy atom. The maximum absolute atomic E-state index is 13.1. The molecule has 90 valence electrons. The highest BCUT2D eigenvalue weighted by Gasteiger charge is 2.18. The molecule has 0 bridgehead atoms. The maximum Gasteiger partial charge on any atom is 0.123 e. The molecule has 2 atom stereocenters. The van der Waals surface area contributed by atoms with E-state index in [1.807, 2.05) is 0 Å². The van der Waals surface area contributed by atoms with Crippen LogP contribution in [0.15, 0.2) is 18.2 Å². The first-order valence-electron chi connectivity index (χ1n) is 4.90. The van der Waals surface area contributed by atoms with Crippen LogP contribution in [-0.4, -0.2) is 26.8 Å². The molecule has 3 nitrogen and oxygen atoms in total. The number of hydrogen-bond donors (Lipinski definition) is 3. The van der Waals surface area contributed by atoms with Crippen LogP contribution in [0, 0.1) is 5.82 Å². The Labute approximate surface area is 102 Å². The number of rotatable bonds is 5. The third-order valence-electron chi connectivity index (χ3n) is 2.27. The highest BCUT2D eigenvalue weighted by atomic mass is 79.9. The third kappa shape index (κ3) is 3.52. The highest BCUT2D eigenvalue weighted by Crippen LogP contribution is 2.22. The molecule has 0 amide bonds. The van der Waals surface area contributed by atoms with Crippen molar-refractivity contribution in [2.75, 3.05) is 5.33 Å². The third-order valence-corrected chi connectivity index (χ3v) is 2.73. The van der Waals surface area contributed by atoms with Gasteiger partial charge in [0.2, 0.25) is 0 Å². The highest BCUT2D eigenvalue weighted by molar-refractivity contribution is 9.09. The molecule has 0 aliphatic carbocycles. The first kappa shape index (κ1) is 13.6. The zero-order chi connectivity index (χ0) is 12.1. The van der Waals surface area contributed by atoms with Crippen LogP contribution in [-0.2, 0) is 6.61 Å². The maximum atomic E-state index is 13.1.